The topological polar surface area (TPSA) is 26.0 Å². The van der Waals surface area contributed by atoms with E-state index >= 15 is 0 Å². The van der Waals surface area contributed by atoms with Crippen molar-refractivity contribution in [3.63, 3.8) is 0 Å². The Morgan fingerprint density at radius 1 is 1.12 bits per heavy atom. The number of nitrogens with two attached hydrogens (primary N) is 1. The monoisotopic (exact) mass is 229 g/mol. The number of aryl methyl sites for hydroxylation is 1. The van der Waals surface area contributed by atoms with Crippen LogP contribution in [0.5, 0.6) is 0 Å². The van der Waals surface area contributed by atoms with Gasteiger partial charge in [-0.25, -0.2) is 4.39 Å². The fourth-order valence-corrected chi connectivity index (χ4v) is 1.97. The van der Waals surface area contributed by atoms with Gasteiger partial charge in [-0.1, -0.05) is 30.3 Å². The van der Waals surface area contributed by atoms with Gasteiger partial charge < -0.3 is 5.73 Å². The maximum atomic E-state index is 13.2. The molecular weight excluding hydrogens is 213 g/mol. The molecule has 2 N–H and O–H groups in total. The van der Waals surface area contributed by atoms with Gasteiger partial charge in [0.25, 0.3) is 0 Å². The number of benzene rings is 2. The third kappa shape index (κ3) is 2.37. The molecule has 0 aliphatic carbocycles. The van der Waals surface area contributed by atoms with Crippen LogP contribution in [-0.4, -0.2) is 0 Å². The molecule has 0 saturated heterocycles. The fraction of sp³-hybridized carbons (Fsp3) is 0.200. The second-order valence-corrected chi connectivity index (χ2v) is 4.34. The molecule has 0 heterocycles. The standard InChI is InChI=1S/C15H16FN/c1-10-9-12(7-8-15(10)16)14-6-4-3-5-13(14)11(2)17/h3-9,11H,17H2,1-2H3. The van der Waals surface area contributed by atoms with Crippen molar-refractivity contribution in [2.45, 2.75) is 19.9 Å². The highest BCUT2D eigenvalue weighted by Crippen LogP contribution is 2.28. The highest BCUT2D eigenvalue weighted by Gasteiger charge is 2.09. The van der Waals surface area contributed by atoms with E-state index in [-0.39, 0.29) is 11.9 Å². The lowest BCUT2D eigenvalue weighted by atomic mass is 9.95. The van der Waals surface area contributed by atoms with Crippen molar-refractivity contribution in [2.75, 3.05) is 0 Å². The van der Waals surface area contributed by atoms with Crippen LogP contribution in [-0.2, 0) is 0 Å². The third-order valence-electron chi connectivity index (χ3n) is 2.92. The Bertz CT molecular complexity index is 532. The average Bonchev–Trinajstić information content (AvgIpc) is 2.32. The predicted molar refractivity (Wildman–Crippen MR) is 69.2 cm³/mol. The third-order valence-corrected chi connectivity index (χ3v) is 2.92. The Kier molecular flexibility index (Phi) is 3.25. The van der Waals surface area contributed by atoms with E-state index in [1.165, 1.54) is 6.07 Å². The molecule has 0 saturated carbocycles. The molecule has 1 unspecified atom stereocenters. The van der Waals surface area contributed by atoms with Crippen molar-refractivity contribution in [1.29, 1.82) is 0 Å². The number of hydrogen-bond donors (Lipinski definition) is 1. The van der Waals surface area contributed by atoms with E-state index in [0.29, 0.717) is 5.56 Å². The molecule has 2 heteroatoms. The van der Waals surface area contributed by atoms with Gasteiger partial charge in [0.1, 0.15) is 5.82 Å². The first kappa shape index (κ1) is 11.8. The molecule has 0 amide bonds. The highest BCUT2D eigenvalue weighted by atomic mass is 19.1. The molecular formula is C15H16FN. The molecule has 2 aromatic carbocycles. The molecule has 0 aliphatic heterocycles. The van der Waals surface area contributed by atoms with Crippen molar-refractivity contribution >= 4 is 0 Å². The molecule has 0 aliphatic rings. The molecule has 1 nitrogen and oxygen atoms in total. The molecule has 88 valence electrons. The van der Waals surface area contributed by atoms with Crippen molar-refractivity contribution in [1.82, 2.24) is 0 Å². The van der Waals surface area contributed by atoms with Gasteiger partial charge in [-0.15, -0.1) is 0 Å². The number of hydrogen-bond acceptors (Lipinski definition) is 1. The lowest BCUT2D eigenvalue weighted by Gasteiger charge is -2.13. The summed E-state index contributed by atoms with van der Waals surface area (Å²) < 4.78 is 13.2. The number of rotatable bonds is 2. The van der Waals surface area contributed by atoms with E-state index in [1.807, 2.05) is 37.3 Å². The summed E-state index contributed by atoms with van der Waals surface area (Å²) in [4.78, 5) is 0. The Labute approximate surface area is 101 Å². The van der Waals surface area contributed by atoms with E-state index in [4.69, 9.17) is 5.73 Å². The summed E-state index contributed by atoms with van der Waals surface area (Å²) >= 11 is 0. The lowest BCUT2D eigenvalue weighted by molar-refractivity contribution is 0.619. The molecule has 2 rings (SSSR count). The summed E-state index contributed by atoms with van der Waals surface area (Å²) in [6, 6.07) is 13.1. The predicted octanol–water partition coefficient (Wildman–Crippen LogP) is 3.82. The first-order chi connectivity index (χ1) is 8.09. The smallest absolute Gasteiger partial charge is 0.126 e. The van der Waals surface area contributed by atoms with E-state index in [1.54, 1.807) is 13.0 Å². The molecule has 2 aromatic rings. The van der Waals surface area contributed by atoms with E-state index in [2.05, 4.69) is 0 Å². The van der Waals surface area contributed by atoms with E-state index < -0.39 is 0 Å². The summed E-state index contributed by atoms with van der Waals surface area (Å²) in [5, 5.41) is 0. The first-order valence-corrected chi connectivity index (χ1v) is 5.70. The maximum Gasteiger partial charge on any atom is 0.126 e. The summed E-state index contributed by atoms with van der Waals surface area (Å²) in [5.41, 5.74) is 9.77. The van der Waals surface area contributed by atoms with Crippen molar-refractivity contribution < 1.29 is 4.39 Å². The van der Waals surface area contributed by atoms with Crippen LogP contribution in [0.3, 0.4) is 0 Å². The van der Waals surface area contributed by atoms with Gasteiger partial charge in [0.2, 0.25) is 0 Å². The van der Waals surface area contributed by atoms with Gasteiger partial charge in [-0.2, -0.15) is 0 Å². The van der Waals surface area contributed by atoms with Gasteiger partial charge in [-0.05, 0) is 48.2 Å². The summed E-state index contributed by atoms with van der Waals surface area (Å²) in [6.45, 7) is 3.72. The maximum absolute atomic E-state index is 13.2. The molecule has 0 radical (unpaired) electrons. The molecule has 0 bridgehead atoms. The largest absolute Gasteiger partial charge is 0.324 e. The average molecular weight is 229 g/mol. The Morgan fingerprint density at radius 3 is 2.47 bits per heavy atom. The summed E-state index contributed by atoms with van der Waals surface area (Å²) in [7, 11) is 0. The zero-order valence-electron chi connectivity index (χ0n) is 10.1. The minimum absolute atomic E-state index is 0.0310. The zero-order chi connectivity index (χ0) is 12.4. The van der Waals surface area contributed by atoms with Crippen LogP contribution in [0.4, 0.5) is 4.39 Å². The van der Waals surface area contributed by atoms with Crippen LogP contribution in [0, 0.1) is 12.7 Å². The Hall–Kier alpha value is -1.67. The first-order valence-electron chi connectivity index (χ1n) is 5.70. The normalized spacial score (nSPS) is 12.5. The van der Waals surface area contributed by atoms with Crippen LogP contribution >= 0.6 is 0 Å². The Morgan fingerprint density at radius 2 is 1.82 bits per heavy atom. The van der Waals surface area contributed by atoms with Gasteiger partial charge >= 0.3 is 0 Å². The molecule has 0 fully saturated rings. The molecule has 17 heavy (non-hydrogen) atoms. The summed E-state index contributed by atoms with van der Waals surface area (Å²) in [5.74, 6) is -0.174. The molecule has 0 aromatic heterocycles. The van der Waals surface area contributed by atoms with Crippen molar-refractivity contribution in [2.24, 2.45) is 5.73 Å². The van der Waals surface area contributed by atoms with Gasteiger partial charge in [0.15, 0.2) is 0 Å². The lowest BCUT2D eigenvalue weighted by Crippen LogP contribution is -2.06. The van der Waals surface area contributed by atoms with Crippen LogP contribution in [0.1, 0.15) is 24.1 Å². The quantitative estimate of drug-likeness (QED) is 0.832. The minimum Gasteiger partial charge on any atom is -0.324 e. The van der Waals surface area contributed by atoms with Crippen molar-refractivity contribution in [3.8, 4) is 11.1 Å². The van der Waals surface area contributed by atoms with Crippen LogP contribution in [0.15, 0.2) is 42.5 Å². The highest BCUT2D eigenvalue weighted by molar-refractivity contribution is 5.68. The Balaban J connectivity index is 2.56. The SMILES string of the molecule is Cc1cc(-c2ccccc2C(C)N)ccc1F. The van der Waals surface area contributed by atoms with Gasteiger partial charge in [0.05, 0.1) is 0 Å². The second-order valence-electron chi connectivity index (χ2n) is 4.34. The molecule has 0 spiro atoms. The second kappa shape index (κ2) is 4.68. The van der Waals surface area contributed by atoms with Crippen molar-refractivity contribution in [3.05, 3.63) is 59.4 Å². The van der Waals surface area contributed by atoms with Crippen LogP contribution in [0.25, 0.3) is 11.1 Å². The summed E-state index contributed by atoms with van der Waals surface area (Å²) in [6.07, 6.45) is 0. The van der Waals surface area contributed by atoms with E-state index in [0.717, 1.165) is 16.7 Å². The fourth-order valence-electron chi connectivity index (χ4n) is 1.97. The minimum atomic E-state index is -0.174. The van der Waals surface area contributed by atoms with E-state index in [9.17, 15) is 4.39 Å². The molecule has 1 atom stereocenters. The zero-order valence-corrected chi connectivity index (χ0v) is 10.1. The van der Waals surface area contributed by atoms with Gasteiger partial charge in [0, 0.05) is 6.04 Å². The van der Waals surface area contributed by atoms with Crippen LogP contribution in [0.2, 0.25) is 0 Å². The van der Waals surface area contributed by atoms with Crippen LogP contribution < -0.4 is 5.73 Å². The van der Waals surface area contributed by atoms with Gasteiger partial charge in [-0.3, -0.25) is 0 Å². The number of halogens is 1.